The van der Waals surface area contributed by atoms with Crippen LogP contribution in [-0.4, -0.2) is 24.7 Å². The molecule has 0 radical (unpaired) electrons. The summed E-state index contributed by atoms with van der Waals surface area (Å²) >= 11 is 0. The van der Waals surface area contributed by atoms with E-state index in [2.05, 4.69) is 10.6 Å². The van der Waals surface area contributed by atoms with E-state index >= 15 is 0 Å². The van der Waals surface area contributed by atoms with E-state index in [4.69, 9.17) is 4.74 Å². The second kappa shape index (κ2) is 9.69. The van der Waals surface area contributed by atoms with Crippen molar-refractivity contribution >= 4 is 23.3 Å². The first kappa shape index (κ1) is 21.2. The fraction of sp³-hybridized carbons (Fsp3) is 0.318. The normalized spacial score (nSPS) is 10.5. The molecule has 2 aromatic carbocycles. The molecule has 2 rings (SSSR count). The van der Waals surface area contributed by atoms with Crippen molar-refractivity contribution in [2.45, 2.75) is 33.7 Å². The predicted octanol–water partition coefficient (Wildman–Crippen LogP) is 3.35. The number of ether oxygens (including phenoxy) is 1. The Labute approximate surface area is 165 Å². The number of ketones is 1. The molecule has 0 aliphatic rings. The fourth-order valence-corrected chi connectivity index (χ4v) is 2.56. The van der Waals surface area contributed by atoms with Crippen molar-refractivity contribution in [3.05, 3.63) is 59.2 Å². The van der Waals surface area contributed by atoms with Crippen LogP contribution < -0.4 is 15.4 Å². The number of methoxy groups -OCH3 is 1. The van der Waals surface area contributed by atoms with E-state index in [-0.39, 0.29) is 29.9 Å². The number of benzene rings is 2. The maximum absolute atomic E-state index is 12.3. The molecule has 0 heterocycles. The molecule has 0 atom stereocenters. The first-order valence-corrected chi connectivity index (χ1v) is 9.14. The second-order valence-corrected chi connectivity index (χ2v) is 6.88. The van der Waals surface area contributed by atoms with Crippen molar-refractivity contribution in [2.75, 3.05) is 12.4 Å². The predicted molar refractivity (Wildman–Crippen MR) is 108 cm³/mol. The zero-order chi connectivity index (χ0) is 20.7. The average Bonchev–Trinajstić information content (AvgIpc) is 2.67. The van der Waals surface area contributed by atoms with Gasteiger partial charge >= 0.3 is 0 Å². The van der Waals surface area contributed by atoms with Gasteiger partial charge in [0.2, 0.25) is 11.8 Å². The van der Waals surface area contributed by atoms with E-state index in [1.807, 2.05) is 26.0 Å². The number of rotatable bonds is 8. The van der Waals surface area contributed by atoms with E-state index in [1.165, 1.54) is 14.0 Å². The summed E-state index contributed by atoms with van der Waals surface area (Å²) < 4.78 is 5.28. The Bertz CT molecular complexity index is 857. The van der Waals surface area contributed by atoms with Crippen molar-refractivity contribution in [2.24, 2.45) is 5.92 Å². The van der Waals surface area contributed by atoms with Crippen molar-refractivity contribution in [3.8, 4) is 5.75 Å². The van der Waals surface area contributed by atoms with Crippen molar-refractivity contribution < 1.29 is 19.1 Å². The summed E-state index contributed by atoms with van der Waals surface area (Å²) in [6, 6.07) is 12.4. The number of amides is 2. The highest BCUT2D eigenvalue weighted by atomic mass is 16.5. The van der Waals surface area contributed by atoms with Gasteiger partial charge in [0, 0.05) is 29.3 Å². The van der Waals surface area contributed by atoms with Gasteiger partial charge in [0.25, 0.3) is 0 Å². The highest BCUT2D eigenvalue weighted by Crippen LogP contribution is 2.21. The molecule has 2 amide bonds. The maximum Gasteiger partial charge on any atom is 0.226 e. The molecule has 0 saturated carbocycles. The zero-order valence-corrected chi connectivity index (χ0v) is 16.7. The Morgan fingerprint density at radius 2 is 1.71 bits per heavy atom. The standard InChI is InChI=1S/C22H26N2O4/c1-14(2)22(27)24-19-8-5-16(6-9-19)13-23-21(26)12-18-11-17(15(3)25)7-10-20(18)28-4/h5-11,14H,12-13H2,1-4H3,(H,23,26)(H,24,27). The molecule has 0 fully saturated rings. The van der Waals surface area contributed by atoms with E-state index in [0.717, 1.165) is 11.3 Å². The van der Waals surface area contributed by atoms with E-state index in [0.29, 0.717) is 23.4 Å². The minimum Gasteiger partial charge on any atom is -0.496 e. The van der Waals surface area contributed by atoms with Crippen LogP contribution in [0.15, 0.2) is 42.5 Å². The lowest BCUT2D eigenvalue weighted by atomic mass is 10.0. The summed E-state index contributed by atoms with van der Waals surface area (Å²) in [6.45, 7) is 5.52. The molecule has 6 heteroatoms. The molecule has 6 nitrogen and oxygen atoms in total. The first-order valence-electron chi connectivity index (χ1n) is 9.14. The molecular weight excluding hydrogens is 356 g/mol. The van der Waals surface area contributed by atoms with Gasteiger partial charge in [-0.15, -0.1) is 0 Å². The van der Waals surface area contributed by atoms with E-state index in [9.17, 15) is 14.4 Å². The molecule has 0 aromatic heterocycles. The lowest BCUT2D eigenvalue weighted by Crippen LogP contribution is -2.25. The zero-order valence-electron chi connectivity index (χ0n) is 16.7. The molecule has 0 aliphatic carbocycles. The van der Waals surface area contributed by atoms with Crippen molar-refractivity contribution in [1.82, 2.24) is 5.32 Å². The van der Waals surface area contributed by atoms with Crippen LogP contribution in [0.5, 0.6) is 5.75 Å². The fourth-order valence-electron chi connectivity index (χ4n) is 2.56. The number of anilines is 1. The van der Waals surface area contributed by atoms with Crippen LogP contribution in [-0.2, 0) is 22.6 Å². The molecule has 2 N–H and O–H groups in total. The van der Waals surface area contributed by atoms with Gasteiger partial charge in [-0.2, -0.15) is 0 Å². The van der Waals surface area contributed by atoms with Gasteiger partial charge in [-0.1, -0.05) is 26.0 Å². The third-order valence-corrected chi connectivity index (χ3v) is 4.27. The third-order valence-electron chi connectivity index (χ3n) is 4.27. The molecule has 0 aliphatic heterocycles. The van der Waals surface area contributed by atoms with Crippen LogP contribution in [0.1, 0.15) is 42.3 Å². The highest BCUT2D eigenvalue weighted by Gasteiger charge is 2.12. The van der Waals surface area contributed by atoms with Crippen LogP contribution >= 0.6 is 0 Å². The van der Waals surface area contributed by atoms with Crippen LogP contribution in [0.3, 0.4) is 0 Å². The van der Waals surface area contributed by atoms with Gasteiger partial charge < -0.3 is 15.4 Å². The summed E-state index contributed by atoms with van der Waals surface area (Å²) in [5.74, 6) is 0.218. The number of hydrogen-bond donors (Lipinski definition) is 2. The Kier molecular flexibility index (Phi) is 7.32. The van der Waals surface area contributed by atoms with Gasteiger partial charge in [-0.05, 0) is 42.8 Å². The van der Waals surface area contributed by atoms with Crippen LogP contribution in [0.25, 0.3) is 0 Å². The molecule has 148 valence electrons. The number of hydrogen-bond acceptors (Lipinski definition) is 4. The molecule has 0 spiro atoms. The lowest BCUT2D eigenvalue weighted by molar-refractivity contribution is -0.120. The number of carbonyl (C=O) groups is 3. The average molecular weight is 382 g/mol. The van der Waals surface area contributed by atoms with E-state index < -0.39 is 0 Å². The van der Waals surface area contributed by atoms with Gasteiger partial charge in [-0.25, -0.2) is 0 Å². The third kappa shape index (κ3) is 5.94. The second-order valence-electron chi connectivity index (χ2n) is 6.88. The summed E-state index contributed by atoms with van der Waals surface area (Å²) in [4.78, 5) is 35.6. The van der Waals surface area contributed by atoms with Crippen molar-refractivity contribution in [1.29, 1.82) is 0 Å². The van der Waals surface area contributed by atoms with Gasteiger partial charge in [0.1, 0.15) is 5.75 Å². The Morgan fingerprint density at radius 3 is 2.29 bits per heavy atom. The quantitative estimate of drug-likeness (QED) is 0.686. The molecular formula is C22H26N2O4. The Morgan fingerprint density at radius 1 is 1.04 bits per heavy atom. The SMILES string of the molecule is COc1ccc(C(C)=O)cc1CC(=O)NCc1ccc(NC(=O)C(C)C)cc1. The Hall–Kier alpha value is -3.15. The minimum absolute atomic E-state index is 0.0391. The summed E-state index contributed by atoms with van der Waals surface area (Å²) in [5.41, 5.74) is 2.85. The number of Topliss-reactive ketones (excluding diaryl/α,β-unsaturated/α-hetero) is 1. The smallest absolute Gasteiger partial charge is 0.226 e. The van der Waals surface area contributed by atoms with Crippen molar-refractivity contribution in [3.63, 3.8) is 0 Å². The topological polar surface area (TPSA) is 84.5 Å². The van der Waals surface area contributed by atoms with Crippen LogP contribution in [0.4, 0.5) is 5.69 Å². The largest absolute Gasteiger partial charge is 0.496 e. The molecule has 2 aromatic rings. The molecule has 28 heavy (non-hydrogen) atoms. The number of carbonyl (C=O) groups excluding carboxylic acids is 3. The van der Waals surface area contributed by atoms with Gasteiger partial charge in [0.15, 0.2) is 5.78 Å². The van der Waals surface area contributed by atoms with E-state index in [1.54, 1.807) is 30.3 Å². The summed E-state index contributed by atoms with van der Waals surface area (Å²) in [5, 5.41) is 5.68. The van der Waals surface area contributed by atoms with Crippen LogP contribution in [0.2, 0.25) is 0 Å². The lowest BCUT2D eigenvalue weighted by Gasteiger charge is -2.11. The maximum atomic E-state index is 12.3. The van der Waals surface area contributed by atoms with Gasteiger partial charge in [-0.3, -0.25) is 14.4 Å². The molecule has 0 bridgehead atoms. The minimum atomic E-state index is -0.170. The summed E-state index contributed by atoms with van der Waals surface area (Å²) in [7, 11) is 1.53. The summed E-state index contributed by atoms with van der Waals surface area (Å²) in [6.07, 6.45) is 0.118. The monoisotopic (exact) mass is 382 g/mol. The molecule has 0 saturated heterocycles. The first-order chi connectivity index (χ1) is 13.3. The number of nitrogens with one attached hydrogen (secondary N) is 2. The van der Waals surface area contributed by atoms with Gasteiger partial charge in [0.05, 0.1) is 13.5 Å². The Balaban J connectivity index is 1.95. The van der Waals surface area contributed by atoms with Crippen LogP contribution in [0, 0.1) is 5.92 Å². The highest BCUT2D eigenvalue weighted by molar-refractivity contribution is 5.95. The molecule has 0 unspecified atom stereocenters.